The molecule has 15 nitrogen and oxygen atoms in total. The van der Waals surface area contributed by atoms with E-state index in [1.807, 2.05) is 0 Å². The molecule has 32 heavy (non-hydrogen) atoms. The Kier molecular flexibility index (Phi) is 29.4. The predicted molar refractivity (Wildman–Crippen MR) is 97.4 cm³/mol. The Morgan fingerprint density at radius 1 is 0.469 bits per heavy atom. The smallest absolute Gasteiger partial charge is 0.320 e. The molecule has 0 heterocycles. The number of carboxylic acid groups (broad SMARTS) is 6. The molecule has 0 bridgehead atoms. The number of carbonyl (C=O) groups is 6. The summed E-state index contributed by atoms with van der Waals surface area (Å²) in [5.74, 6) is -6.59. The van der Waals surface area contributed by atoms with Crippen molar-refractivity contribution >= 4 is 35.8 Å². The maximum Gasteiger partial charge on any atom is 0.320 e. The number of hydrogen-bond acceptors (Lipinski definition) is 9. The van der Waals surface area contributed by atoms with Gasteiger partial charge in [0.15, 0.2) is 0 Å². The van der Waals surface area contributed by atoms with Crippen LogP contribution in [0.2, 0.25) is 0 Å². The van der Waals surface area contributed by atoms with Gasteiger partial charge >= 0.3 is 35.8 Å². The van der Waals surface area contributed by atoms with E-state index in [0.717, 1.165) is 0 Å². The van der Waals surface area contributed by atoms with Crippen LogP contribution in [0.4, 0.5) is 0 Å². The van der Waals surface area contributed by atoms with E-state index in [1.165, 1.54) is 0 Å². The number of carboxylic acids is 6. The fourth-order valence-electron chi connectivity index (χ4n) is 1.21. The van der Waals surface area contributed by atoms with E-state index in [1.54, 1.807) is 0 Å². The van der Waals surface area contributed by atoms with Gasteiger partial charge in [0.25, 0.3) is 0 Å². The summed E-state index contributed by atoms with van der Waals surface area (Å²) in [6, 6.07) is -3.18. The number of rotatable bonds is 12. The summed E-state index contributed by atoms with van der Waals surface area (Å²) in [5, 5.41) is 48.8. The van der Waals surface area contributed by atoms with E-state index in [0.29, 0.717) is 0 Å². The van der Waals surface area contributed by atoms with Crippen LogP contribution >= 0.6 is 0 Å². The van der Waals surface area contributed by atoms with Crippen LogP contribution in [0, 0.1) is 0 Å². The van der Waals surface area contributed by atoms with Crippen LogP contribution in [-0.4, -0.2) is 84.6 Å². The first-order valence-electron chi connectivity index (χ1n) is 8.22. The number of nitrogens with two attached hydrogens (primary N) is 3. The number of aliphatic carboxylic acids is 6. The van der Waals surface area contributed by atoms with E-state index in [2.05, 4.69) is 0 Å². The molecule has 0 saturated heterocycles. The SMILES string of the molecule is N[C@@H](CCC(=O)O)C(=O)O.N[C@@H](CCC(=O)O)C(=O)O.N[C@H](CCC(=O)O)C(=O)O.[Cr].[Cr]. The topological polar surface area (TPSA) is 302 Å². The monoisotopic (exact) mass is 545 g/mol. The fourth-order valence-corrected chi connectivity index (χ4v) is 1.21. The maximum absolute atomic E-state index is 9.99. The molecule has 3 atom stereocenters. The van der Waals surface area contributed by atoms with Gasteiger partial charge in [-0.15, -0.1) is 0 Å². The van der Waals surface area contributed by atoms with E-state index in [9.17, 15) is 28.8 Å². The zero-order chi connectivity index (χ0) is 24.4. The van der Waals surface area contributed by atoms with Gasteiger partial charge in [0.05, 0.1) is 0 Å². The fraction of sp³-hybridized carbons (Fsp3) is 0.600. The molecule has 0 aromatic carbocycles. The van der Waals surface area contributed by atoms with Crippen molar-refractivity contribution in [3.8, 4) is 0 Å². The first-order chi connectivity index (χ1) is 13.6. The van der Waals surface area contributed by atoms with Crippen LogP contribution in [0.25, 0.3) is 0 Å². The summed E-state index contributed by atoms with van der Waals surface area (Å²) in [6.45, 7) is 0. The van der Waals surface area contributed by atoms with Crippen molar-refractivity contribution in [3.05, 3.63) is 0 Å². The van der Waals surface area contributed by atoms with E-state index in [4.69, 9.17) is 47.8 Å². The van der Waals surface area contributed by atoms with Crippen LogP contribution in [-0.2, 0) is 63.5 Å². The Hall–Kier alpha value is -2.24. The molecule has 0 aromatic heterocycles. The standard InChI is InChI=1S/3C5H9NO4.2Cr/c3*6-3(5(9)10)1-2-4(7)8;;/h3*3H,1-2,6H2,(H,7,8)(H,9,10);;/t3*3-;;/m100../s1. The van der Waals surface area contributed by atoms with E-state index in [-0.39, 0.29) is 73.2 Å². The average molecular weight is 545 g/mol. The van der Waals surface area contributed by atoms with Crippen molar-refractivity contribution in [3.63, 3.8) is 0 Å². The van der Waals surface area contributed by atoms with Gasteiger partial charge in [-0.25, -0.2) is 0 Å². The minimum Gasteiger partial charge on any atom is -0.481 e. The predicted octanol–water partition coefficient (Wildman–Crippen LogP) is -2.22. The van der Waals surface area contributed by atoms with Crippen molar-refractivity contribution in [2.45, 2.75) is 56.7 Å². The number of hydrogen-bond donors (Lipinski definition) is 9. The average Bonchev–Trinajstić information content (AvgIpc) is 2.62. The molecule has 186 valence electrons. The van der Waals surface area contributed by atoms with Crippen LogP contribution < -0.4 is 17.2 Å². The molecule has 0 radical (unpaired) electrons. The molecule has 0 spiro atoms. The van der Waals surface area contributed by atoms with Crippen LogP contribution in [0.3, 0.4) is 0 Å². The first kappa shape index (κ1) is 40.2. The molecule has 0 aliphatic carbocycles. The second kappa shape index (κ2) is 23.4. The zero-order valence-electron chi connectivity index (χ0n) is 16.7. The summed E-state index contributed by atoms with van der Waals surface area (Å²) in [5.41, 5.74) is 15.0. The minimum absolute atomic E-state index is 0. The summed E-state index contributed by atoms with van der Waals surface area (Å²) in [4.78, 5) is 59.6. The van der Waals surface area contributed by atoms with Gasteiger partial charge in [-0.3, -0.25) is 28.8 Å². The van der Waals surface area contributed by atoms with E-state index < -0.39 is 53.9 Å². The largest absolute Gasteiger partial charge is 0.481 e. The minimum atomic E-state index is -1.17. The molecule has 0 rings (SSSR count). The second-order valence-electron chi connectivity index (χ2n) is 5.63. The van der Waals surface area contributed by atoms with Gasteiger partial charge < -0.3 is 47.8 Å². The molecule has 0 unspecified atom stereocenters. The molecular formula is C15H27Cr2N3O12. The molecule has 0 aliphatic rings. The van der Waals surface area contributed by atoms with Gasteiger partial charge in [-0.1, -0.05) is 0 Å². The Balaban J connectivity index is -0.000000110. The first-order valence-corrected chi connectivity index (χ1v) is 8.22. The van der Waals surface area contributed by atoms with Crippen molar-refractivity contribution in [2.75, 3.05) is 0 Å². The normalized spacial score (nSPS) is 11.7. The molecule has 0 aliphatic heterocycles. The Morgan fingerprint density at radius 3 is 0.719 bits per heavy atom. The quantitative estimate of drug-likeness (QED) is 0.125. The van der Waals surface area contributed by atoms with Gasteiger partial charge in [-0.05, 0) is 19.3 Å². The second-order valence-corrected chi connectivity index (χ2v) is 5.63. The van der Waals surface area contributed by atoms with Crippen molar-refractivity contribution in [1.82, 2.24) is 0 Å². The molecule has 0 fully saturated rings. The van der Waals surface area contributed by atoms with Crippen molar-refractivity contribution in [1.29, 1.82) is 0 Å². The third kappa shape index (κ3) is 32.4. The molecule has 12 N–H and O–H groups in total. The summed E-state index contributed by atoms with van der Waals surface area (Å²) >= 11 is 0. The molecular weight excluding hydrogens is 518 g/mol. The van der Waals surface area contributed by atoms with Gasteiger partial charge in [0, 0.05) is 54.0 Å². The van der Waals surface area contributed by atoms with Gasteiger partial charge in [0.1, 0.15) is 18.1 Å². The Bertz CT molecular complexity index is 525. The molecule has 0 saturated carbocycles. The third-order valence-electron chi connectivity index (χ3n) is 2.96. The van der Waals surface area contributed by atoms with Gasteiger partial charge in [-0.2, -0.15) is 0 Å². The third-order valence-corrected chi connectivity index (χ3v) is 2.96. The molecule has 0 amide bonds. The van der Waals surface area contributed by atoms with E-state index >= 15 is 0 Å². The Morgan fingerprint density at radius 2 is 0.625 bits per heavy atom. The summed E-state index contributed by atoms with van der Waals surface area (Å²) < 4.78 is 0. The van der Waals surface area contributed by atoms with Crippen molar-refractivity contribution in [2.24, 2.45) is 17.2 Å². The zero-order valence-corrected chi connectivity index (χ0v) is 19.2. The molecule has 0 aromatic rings. The molecule has 17 heteroatoms. The van der Waals surface area contributed by atoms with Crippen LogP contribution in [0.5, 0.6) is 0 Å². The summed E-state index contributed by atoms with van der Waals surface area (Å²) in [6.07, 6.45) is -0.672. The van der Waals surface area contributed by atoms with Crippen LogP contribution in [0.15, 0.2) is 0 Å². The summed E-state index contributed by atoms with van der Waals surface area (Å²) in [7, 11) is 0. The van der Waals surface area contributed by atoms with Crippen molar-refractivity contribution < 1.29 is 94.1 Å². The van der Waals surface area contributed by atoms with Gasteiger partial charge in [0.2, 0.25) is 0 Å². The Labute approximate surface area is 203 Å². The maximum atomic E-state index is 9.99. The van der Waals surface area contributed by atoms with Crippen LogP contribution in [0.1, 0.15) is 38.5 Å².